The number of ether oxygens (including phenoxy) is 19. The Balaban J connectivity index is 1.00. The molecule has 31 N–H and O–H groups in total. The third-order valence-electron chi connectivity index (χ3n) is 22.4. The van der Waals surface area contributed by atoms with Crippen molar-refractivity contribution in [2.45, 2.75) is 341 Å². The third-order valence-corrected chi connectivity index (χ3v) is 22.4. The van der Waals surface area contributed by atoms with Crippen molar-refractivity contribution in [1.82, 2.24) is 21.3 Å². The standard InChI is InChI=1S/C68H114N4O50/c1-15-33(85)42(94)47(99)63(105-15)119-55-31(71-18(4)83)59(103)106-27(13-80)53(55)117-60-29(69-16(2)81)40(92)52(26(12-79)112-60)116-66-50(102)56(120-68-58(46(98)37(89)23(9-76)111-68)122-61-30(70-17(3)82)41(93)51(25(11-78)113-61)115-64-48(100)43(95)34(86)20(6-73)108-64)39(91)28(114-66)14-104-67-57(45(97)36(88)22(8-75)110-67)121-62-32(72-19(5)84)54(38(90)24(10-77)107-62)118-65-49(101)44(96)35(87)21(7-74)109-65/h15,20-68,73-80,85-103H,6-14H2,1-5H3,(H,69,81)(H,70,82)(H,71,83)(H,72,84)/t15-,20+,21+,22+,23+,24+,25+,26+,27+,28+,29+,30+,31+,32+,33+,34-,35-,36+,37+,38+,39+,40+,41+,42+,43-,44-,45-,46-,47-,48+,49+,50-,51+,52+,53+,54+,55+,56-,57-,58-,59+,60-,61-,62-,63-,64-,65-,66-,67-,68+/m0/s1. The number of carbonyl (C=O) groups excluding carboxylic acids is 4. The first-order chi connectivity index (χ1) is 57.7. The second kappa shape index (κ2) is 43.6. The quantitative estimate of drug-likeness (QED) is 0.0306. The molecule has 0 aromatic carbocycles. The summed E-state index contributed by atoms with van der Waals surface area (Å²) >= 11 is 0. The summed E-state index contributed by atoms with van der Waals surface area (Å²) < 4.78 is 114. The van der Waals surface area contributed by atoms with E-state index >= 15 is 0 Å². The Morgan fingerprint density at radius 2 is 0.516 bits per heavy atom. The topological polar surface area (TPSA) is 838 Å². The lowest BCUT2D eigenvalue weighted by atomic mass is 9.93. The molecule has 0 unspecified atom stereocenters. The second-order valence-corrected chi connectivity index (χ2v) is 31.0. The van der Waals surface area contributed by atoms with Crippen LogP contribution < -0.4 is 21.3 Å². The summed E-state index contributed by atoms with van der Waals surface area (Å²) in [6.07, 6.45) is -96.3. The molecule has 0 bridgehead atoms. The Bertz CT molecular complexity index is 3290. The first-order valence-corrected chi connectivity index (χ1v) is 39.0. The van der Waals surface area contributed by atoms with Crippen LogP contribution in [-0.4, -0.2) is 528 Å². The van der Waals surface area contributed by atoms with Gasteiger partial charge < -0.3 is 249 Å². The summed E-state index contributed by atoms with van der Waals surface area (Å²) in [5, 5.41) is 311. The van der Waals surface area contributed by atoms with E-state index in [1.807, 2.05) is 0 Å². The van der Waals surface area contributed by atoms with Crippen LogP contribution in [0.4, 0.5) is 0 Å². The minimum absolute atomic E-state index is 0.864. The maximum atomic E-state index is 13.3. The van der Waals surface area contributed by atoms with Gasteiger partial charge in [0.15, 0.2) is 62.9 Å². The third kappa shape index (κ3) is 21.9. The molecule has 50 atom stereocenters. The van der Waals surface area contributed by atoms with Gasteiger partial charge in [0.2, 0.25) is 23.6 Å². The maximum absolute atomic E-state index is 13.3. The van der Waals surface area contributed by atoms with Crippen LogP contribution in [-0.2, 0) is 109 Å². The normalized spacial score (nSPS) is 49.7. The Labute approximate surface area is 691 Å². The summed E-state index contributed by atoms with van der Waals surface area (Å²) in [5.74, 6) is -3.80. The largest absolute Gasteiger partial charge is 0.394 e. The molecule has 0 aromatic rings. The van der Waals surface area contributed by atoms with Gasteiger partial charge >= 0.3 is 0 Å². The lowest BCUT2D eigenvalue weighted by molar-refractivity contribution is -0.399. The van der Waals surface area contributed by atoms with Crippen LogP contribution in [0.25, 0.3) is 0 Å². The summed E-state index contributed by atoms with van der Waals surface area (Å²) in [6, 6.07) is -7.71. The molecule has 10 rings (SSSR count). The van der Waals surface area contributed by atoms with Gasteiger partial charge in [0.25, 0.3) is 0 Å². The molecule has 54 heteroatoms. The van der Waals surface area contributed by atoms with Crippen LogP contribution in [0.1, 0.15) is 34.6 Å². The number of aliphatic hydroxyl groups excluding tert-OH is 27. The van der Waals surface area contributed by atoms with E-state index < -0.39 is 390 Å². The van der Waals surface area contributed by atoms with E-state index in [0.717, 1.165) is 27.7 Å². The predicted octanol–water partition coefficient (Wildman–Crippen LogP) is -21.2. The molecule has 10 aliphatic heterocycles. The van der Waals surface area contributed by atoms with Gasteiger partial charge in [0.1, 0.15) is 238 Å². The molecule has 4 amide bonds. The van der Waals surface area contributed by atoms with Gasteiger partial charge in [-0.05, 0) is 6.92 Å². The van der Waals surface area contributed by atoms with Gasteiger partial charge in [-0.15, -0.1) is 0 Å². The number of carbonyl (C=O) groups is 4. The molecule has 0 aliphatic carbocycles. The van der Waals surface area contributed by atoms with Gasteiger partial charge in [-0.25, -0.2) is 0 Å². The highest BCUT2D eigenvalue weighted by Crippen LogP contribution is 2.41. The minimum atomic E-state index is -2.64. The van der Waals surface area contributed by atoms with E-state index in [0.29, 0.717) is 0 Å². The van der Waals surface area contributed by atoms with Crippen molar-refractivity contribution in [3.05, 3.63) is 0 Å². The molecule has 0 saturated carbocycles. The lowest BCUT2D eigenvalue weighted by Crippen LogP contribution is -2.71. The van der Waals surface area contributed by atoms with Crippen molar-refractivity contribution >= 4 is 23.6 Å². The highest BCUT2D eigenvalue weighted by molar-refractivity contribution is 5.74. The fourth-order valence-electron chi connectivity index (χ4n) is 15.9. The van der Waals surface area contributed by atoms with E-state index in [9.17, 15) is 157 Å². The first kappa shape index (κ1) is 100. The summed E-state index contributed by atoms with van der Waals surface area (Å²) in [7, 11) is 0. The summed E-state index contributed by atoms with van der Waals surface area (Å²) in [5.41, 5.74) is 0. The van der Waals surface area contributed by atoms with Crippen LogP contribution in [0.5, 0.6) is 0 Å². The molecule has 0 radical (unpaired) electrons. The molecular weight excluding hydrogens is 1670 g/mol. The number of rotatable bonds is 31. The maximum Gasteiger partial charge on any atom is 0.217 e. The van der Waals surface area contributed by atoms with Crippen molar-refractivity contribution < 1.29 is 247 Å². The van der Waals surface area contributed by atoms with Crippen LogP contribution in [0, 0.1) is 0 Å². The Morgan fingerprint density at radius 1 is 0.230 bits per heavy atom. The average Bonchev–Trinajstić information content (AvgIpc) is 0.766. The molecule has 10 heterocycles. The fourth-order valence-corrected chi connectivity index (χ4v) is 15.9. The highest BCUT2D eigenvalue weighted by atomic mass is 16.8. The lowest BCUT2D eigenvalue weighted by Gasteiger charge is -2.51. The molecule has 706 valence electrons. The number of hydrogen-bond donors (Lipinski definition) is 31. The van der Waals surface area contributed by atoms with Gasteiger partial charge in [-0.1, -0.05) is 0 Å². The van der Waals surface area contributed by atoms with E-state index in [-0.39, 0.29) is 0 Å². The summed E-state index contributed by atoms with van der Waals surface area (Å²) in [6.45, 7) is -5.20. The van der Waals surface area contributed by atoms with Gasteiger partial charge in [0, 0.05) is 27.7 Å². The van der Waals surface area contributed by atoms with Crippen molar-refractivity contribution in [1.29, 1.82) is 0 Å². The van der Waals surface area contributed by atoms with Crippen LogP contribution >= 0.6 is 0 Å². The van der Waals surface area contributed by atoms with Crippen LogP contribution in [0.2, 0.25) is 0 Å². The molecular formula is C68H114N4O50. The molecule has 10 aliphatic rings. The van der Waals surface area contributed by atoms with Gasteiger partial charge in [-0.3, -0.25) is 19.2 Å². The van der Waals surface area contributed by atoms with E-state index in [1.165, 1.54) is 6.92 Å². The Morgan fingerprint density at radius 3 is 0.959 bits per heavy atom. The van der Waals surface area contributed by atoms with Gasteiger partial charge in [-0.2, -0.15) is 0 Å². The molecule has 10 fully saturated rings. The monoisotopic (exact) mass is 1790 g/mol. The SMILES string of the molecule is CC(=O)N[C@@H]1[C@@H](O[C@@H]2O[C@@H](C)[C@@H](O)[C@@H](O)[C@@H]2O)[C@H](O[C@@H]2O[C@H](CO)[C@@H](O[C@@H]3O[C@H](CO[C@H]4O[C@H](CO)[C@@H](O)[C@H](O)[C@@H]4O[C@@H]4O[C@H](CO)[C@@H](O)[C@H](O[C@@H]5O[C@H](CO)[C@H](O)[C@H](O)[C@H]5O)[C@H]4NC(C)=O)[C@@H](O)[C@H](O[C@H]4O[C@H](CO)[C@@H](O)[C@H](O)[C@@H]4O[C@@H]4O[C@H](CO)[C@@H](O[C@@H]5O[C@H](CO)[C@H](O)[C@H](O)[C@H]5O)[C@H](O)[C@H]4NC(C)=O)[C@@H]3O)[C@H](O)[C@H]2NC(C)=O)[C@@H](CO)O[C@H]1O. The summed E-state index contributed by atoms with van der Waals surface area (Å²) in [4.78, 5) is 52.1. The molecule has 54 nitrogen and oxygen atoms in total. The van der Waals surface area contributed by atoms with Crippen LogP contribution in [0.15, 0.2) is 0 Å². The number of amides is 4. The zero-order chi connectivity index (χ0) is 89.8. The Hall–Kier alpha value is -3.96. The van der Waals surface area contributed by atoms with Crippen molar-refractivity contribution in [2.75, 3.05) is 59.5 Å². The number of nitrogens with one attached hydrogen (secondary N) is 4. The van der Waals surface area contributed by atoms with Crippen molar-refractivity contribution in [2.24, 2.45) is 0 Å². The minimum Gasteiger partial charge on any atom is -0.394 e. The molecule has 0 aromatic heterocycles. The average molecular weight is 1790 g/mol. The van der Waals surface area contributed by atoms with Crippen molar-refractivity contribution in [3.8, 4) is 0 Å². The highest BCUT2D eigenvalue weighted by Gasteiger charge is 2.62. The molecule has 10 saturated heterocycles. The van der Waals surface area contributed by atoms with E-state index in [2.05, 4.69) is 21.3 Å². The smallest absolute Gasteiger partial charge is 0.217 e. The number of hydrogen-bond acceptors (Lipinski definition) is 50. The molecule has 0 spiro atoms. The van der Waals surface area contributed by atoms with E-state index in [4.69, 9.17) is 90.0 Å². The van der Waals surface area contributed by atoms with Crippen LogP contribution in [0.3, 0.4) is 0 Å². The molecule has 122 heavy (non-hydrogen) atoms. The second-order valence-electron chi connectivity index (χ2n) is 31.0. The first-order valence-electron chi connectivity index (χ1n) is 39.0. The van der Waals surface area contributed by atoms with E-state index in [1.54, 1.807) is 0 Å². The number of aliphatic hydroxyl groups is 27. The Kier molecular flexibility index (Phi) is 35.8. The van der Waals surface area contributed by atoms with Crippen molar-refractivity contribution in [3.63, 3.8) is 0 Å². The zero-order valence-corrected chi connectivity index (χ0v) is 65.7. The van der Waals surface area contributed by atoms with Gasteiger partial charge in [0.05, 0.1) is 65.6 Å². The predicted molar refractivity (Wildman–Crippen MR) is 375 cm³/mol. The zero-order valence-electron chi connectivity index (χ0n) is 65.7. The fraction of sp³-hybridized carbons (Fsp3) is 0.941.